The number of carbonyl (C=O) groups excluding carboxylic acids is 1. The van der Waals surface area contributed by atoms with E-state index in [2.05, 4.69) is 46.9 Å². The van der Waals surface area contributed by atoms with Crippen molar-refractivity contribution in [2.45, 2.75) is 22.4 Å². The second-order valence-corrected chi connectivity index (χ2v) is 6.81. The van der Waals surface area contributed by atoms with Gasteiger partial charge in [0.15, 0.2) is 0 Å². The van der Waals surface area contributed by atoms with Crippen molar-refractivity contribution in [1.29, 1.82) is 0 Å². The van der Waals surface area contributed by atoms with Crippen LogP contribution in [0.4, 0.5) is 0 Å². The number of carbonyl (C=O) groups is 1. The molecule has 6 atom stereocenters. The van der Waals surface area contributed by atoms with Crippen LogP contribution in [-0.2, 0) is 9.53 Å². The second-order valence-electron chi connectivity index (χ2n) is 5.37. The predicted octanol–water partition coefficient (Wildman–Crippen LogP) is 2.77. The molecule has 2 bridgehead atoms. The van der Waals surface area contributed by atoms with Crippen molar-refractivity contribution in [3.8, 4) is 0 Å². The van der Waals surface area contributed by atoms with E-state index in [4.69, 9.17) is 4.74 Å². The van der Waals surface area contributed by atoms with Gasteiger partial charge in [-0.1, -0.05) is 52.9 Å². The molecule has 3 heteroatoms. The summed E-state index contributed by atoms with van der Waals surface area (Å²) in [7, 11) is 0. The number of hydrogen-bond acceptors (Lipinski definition) is 2. The third-order valence-corrected chi connectivity index (χ3v) is 6.34. The van der Waals surface area contributed by atoms with E-state index in [1.54, 1.807) is 0 Å². The summed E-state index contributed by atoms with van der Waals surface area (Å²) in [6.45, 7) is 0. The second kappa shape index (κ2) is 3.46. The zero-order valence-corrected chi connectivity index (χ0v) is 11.4. The quantitative estimate of drug-likeness (QED) is 0.446. The zero-order chi connectivity index (χ0) is 11.6. The summed E-state index contributed by atoms with van der Waals surface area (Å²) in [5.74, 6) is 1.70. The summed E-state index contributed by atoms with van der Waals surface area (Å²) in [4.78, 5) is 12.0. The maximum atomic E-state index is 12.0. The van der Waals surface area contributed by atoms with Gasteiger partial charge in [0.2, 0.25) is 0 Å². The van der Waals surface area contributed by atoms with Crippen molar-refractivity contribution in [3.63, 3.8) is 0 Å². The number of benzene rings is 1. The average Bonchev–Trinajstić information content (AvgIpc) is 2.94. The number of halogens is 1. The summed E-state index contributed by atoms with van der Waals surface area (Å²) in [6.07, 6.45) is 1.38. The molecular formula is C14H13IO2. The Kier molecular flexibility index (Phi) is 2.11. The zero-order valence-electron chi connectivity index (χ0n) is 9.25. The standard InChI is InChI=1S/C14H13IO2/c15-12-8-6-9-11(14(16)17-13(9)12)10(8)7-4-2-1-3-5-7/h1-5,8-13H,6H2/t8-,9-,10+,11-,12+,13-/m0/s1. The molecule has 88 valence electrons. The highest BCUT2D eigenvalue weighted by molar-refractivity contribution is 14.1. The van der Waals surface area contributed by atoms with Crippen molar-refractivity contribution in [1.82, 2.24) is 0 Å². The molecule has 1 aromatic rings. The number of ether oxygens (including phenoxy) is 1. The van der Waals surface area contributed by atoms with Crippen LogP contribution in [0.25, 0.3) is 0 Å². The first-order chi connectivity index (χ1) is 8.27. The highest BCUT2D eigenvalue weighted by atomic mass is 127. The first-order valence-corrected chi connectivity index (χ1v) is 7.41. The molecule has 0 spiro atoms. The first kappa shape index (κ1) is 10.4. The first-order valence-electron chi connectivity index (χ1n) is 6.17. The minimum absolute atomic E-state index is 0.0514. The molecule has 1 heterocycles. The number of esters is 1. The van der Waals surface area contributed by atoms with Crippen molar-refractivity contribution >= 4 is 28.6 Å². The summed E-state index contributed by atoms with van der Waals surface area (Å²) < 4.78 is 6.06. The van der Waals surface area contributed by atoms with Gasteiger partial charge in [-0.2, -0.15) is 0 Å². The van der Waals surface area contributed by atoms with Gasteiger partial charge in [0.05, 0.1) is 9.84 Å². The Morgan fingerprint density at radius 3 is 2.65 bits per heavy atom. The number of alkyl halides is 1. The Labute approximate surface area is 114 Å². The van der Waals surface area contributed by atoms with E-state index < -0.39 is 0 Å². The van der Waals surface area contributed by atoms with Crippen LogP contribution in [0.1, 0.15) is 17.9 Å². The van der Waals surface area contributed by atoms with Crippen LogP contribution in [0.3, 0.4) is 0 Å². The molecule has 1 aromatic carbocycles. The number of fused-ring (bicyclic) bond motifs is 1. The predicted molar refractivity (Wildman–Crippen MR) is 72.0 cm³/mol. The Morgan fingerprint density at radius 1 is 1.12 bits per heavy atom. The Hall–Kier alpha value is -0.580. The summed E-state index contributed by atoms with van der Waals surface area (Å²) in [6, 6.07) is 10.5. The summed E-state index contributed by atoms with van der Waals surface area (Å²) in [5.41, 5.74) is 1.32. The molecule has 0 radical (unpaired) electrons. The smallest absolute Gasteiger partial charge is 0.310 e. The maximum absolute atomic E-state index is 12.0. The average molecular weight is 340 g/mol. The van der Waals surface area contributed by atoms with Crippen molar-refractivity contribution in [3.05, 3.63) is 35.9 Å². The molecule has 0 amide bonds. The SMILES string of the molecule is O=C1O[C@@H]2[C@H](I)[C@H]3C[C@H]2[C@H]1[C@@H]3c1ccccc1. The van der Waals surface area contributed by atoms with E-state index in [1.165, 1.54) is 12.0 Å². The van der Waals surface area contributed by atoms with Crippen LogP contribution in [0.5, 0.6) is 0 Å². The number of hydrogen-bond donors (Lipinski definition) is 0. The van der Waals surface area contributed by atoms with Gasteiger partial charge in [0.25, 0.3) is 0 Å². The van der Waals surface area contributed by atoms with Gasteiger partial charge in [-0.15, -0.1) is 0 Å². The molecule has 0 N–H and O–H groups in total. The number of rotatable bonds is 1. The van der Waals surface area contributed by atoms with E-state index in [0.717, 1.165) is 0 Å². The summed E-state index contributed by atoms with van der Waals surface area (Å²) >= 11 is 2.49. The normalized spacial score (nSPS) is 46.3. The van der Waals surface area contributed by atoms with Crippen LogP contribution in [0, 0.1) is 17.8 Å². The minimum atomic E-state index is 0.0514. The molecule has 2 nitrogen and oxygen atoms in total. The monoisotopic (exact) mass is 340 g/mol. The van der Waals surface area contributed by atoms with E-state index in [0.29, 0.717) is 21.7 Å². The minimum Gasteiger partial charge on any atom is -0.461 e. The lowest BCUT2D eigenvalue weighted by atomic mass is 9.76. The highest BCUT2D eigenvalue weighted by Gasteiger charge is 2.65. The maximum Gasteiger partial charge on any atom is 0.310 e. The lowest BCUT2D eigenvalue weighted by Crippen LogP contribution is -2.32. The van der Waals surface area contributed by atoms with E-state index >= 15 is 0 Å². The van der Waals surface area contributed by atoms with Gasteiger partial charge in [-0.25, -0.2) is 0 Å². The van der Waals surface area contributed by atoms with E-state index in [1.807, 2.05) is 6.07 Å². The van der Waals surface area contributed by atoms with Gasteiger partial charge >= 0.3 is 5.97 Å². The molecule has 2 saturated carbocycles. The summed E-state index contributed by atoms with van der Waals surface area (Å²) in [5, 5.41) is 0. The lowest BCUT2D eigenvalue weighted by molar-refractivity contribution is -0.143. The van der Waals surface area contributed by atoms with Gasteiger partial charge in [-0.3, -0.25) is 4.79 Å². The molecular weight excluding hydrogens is 327 g/mol. The largest absolute Gasteiger partial charge is 0.461 e. The Balaban J connectivity index is 1.80. The highest BCUT2D eigenvalue weighted by Crippen LogP contribution is 2.63. The molecule has 4 rings (SSSR count). The molecule has 0 aromatic heterocycles. The topological polar surface area (TPSA) is 26.3 Å². The van der Waals surface area contributed by atoms with Crippen LogP contribution in [0.15, 0.2) is 30.3 Å². The molecule has 17 heavy (non-hydrogen) atoms. The Morgan fingerprint density at radius 2 is 1.88 bits per heavy atom. The van der Waals surface area contributed by atoms with E-state index in [9.17, 15) is 4.79 Å². The van der Waals surface area contributed by atoms with Crippen molar-refractivity contribution < 1.29 is 9.53 Å². The van der Waals surface area contributed by atoms with Crippen LogP contribution < -0.4 is 0 Å². The van der Waals surface area contributed by atoms with Gasteiger partial charge in [0.1, 0.15) is 6.10 Å². The van der Waals surface area contributed by atoms with Crippen molar-refractivity contribution in [2.75, 3.05) is 0 Å². The molecule has 3 fully saturated rings. The Bertz CT molecular complexity index is 472. The molecule has 0 unspecified atom stereocenters. The van der Waals surface area contributed by atoms with Crippen molar-refractivity contribution in [2.24, 2.45) is 17.8 Å². The molecule has 3 aliphatic rings. The molecule has 2 aliphatic carbocycles. The fourth-order valence-corrected chi connectivity index (χ4v) is 5.52. The molecule has 1 saturated heterocycles. The third kappa shape index (κ3) is 1.23. The fraction of sp³-hybridized carbons (Fsp3) is 0.500. The van der Waals surface area contributed by atoms with Gasteiger partial charge in [-0.05, 0) is 17.9 Å². The van der Waals surface area contributed by atoms with Crippen LogP contribution in [0.2, 0.25) is 0 Å². The van der Waals surface area contributed by atoms with Crippen LogP contribution >= 0.6 is 22.6 Å². The lowest BCUT2D eigenvalue weighted by Gasteiger charge is -2.28. The van der Waals surface area contributed by atoms with Gasteiger partial charge in [0, 0.05) is 11.8 Å². The van der Waals surface area contributed by atoms with Crippen LogP contribution in [-0.4, -0.2) is 16.0 Å². The fourth-order valence-electron chi connectivity index (χ4n) is 4.10. The van der Waals surface area contributed by atoms with Gasteiger partial charge < -0.3 is 4.74 Å². The molecule has 1 aliphatic heterocycles. The third-order valence-electron chi connectivity index (χ3n) is 4.71. The van der Waals surface area contributed by atoms with E-state index in [-0.39, 0.29) is 18.0 Å².